The molecule has 0 saturated carbocycles. The number of amides is 1. The zero-order valence-corrected chi connectivity index (χ0v) is 14.7. The van der Waals surface area contributed by atoms with E-state index >= 15 is 0 Å². The fourth-order valence-corrected chi connectivity index (χ4v) is 3.68. The lowest BCUT2D eigenvalue weighted by Gasteiger charge is -2.13. The highest BCUT2D eigenvalue weighted by atomic mass is 32.1. The van der Waals surface area contributed by atoms with E-state index in [0.29, 0.717) is 29.9 Å². The van der Waals surface area contributed by atoms with E-state index in [0.717, 1.165) is 15.4 Å². The predicted molar refractivity (Wildman–Crippen MR) is 99.1 cm³/mol. The number of nitrogens with zero attached hydrogens (tertiary/aromatic N) is 4. The van der Waals surface area contributed by atoms with Crippen LogP contribution < -0.4 is 5.73 Å². The van der Waals surface area contributed by atoms with Gasteiger partial charge in [-0.25, -0.2) is 15.0 Å². The standard InChI is InChI=1S/C18H15N5O2S/c1-23-8-7-18(25,17(23)24)6-5-11-3-2-4-12(9-11)15-22-13-14(19)20-10-21-16(13)26-15/h2-4,9-10,25H,7-8H2,1H3,(H2,19,20,21)/t18-/m0/s1. The summed E-state index contributed by atoms with van der Waals surface area (Å²) in [5.74, 6) is 5.62. The second-order valence-corrected chi connectivity index (χ2v) is 7.08. The molecule has 0 spiro atoms. The first-order chi connectivity index (χ1) is 12.5. The van der Waals surface area contributed by atoms with E-state index in [2.05, 4.69) is 26.8 Å². The lowest BCUT2D eigenvalue weighted by Crippen LogP contribution is -2.37. The molecule has 7 nitrogen and oxygen atoms in total. The number of hydrogen-bond donors (Lipinski definition) is 2. The Bertz CT molecular complexity index is 1080. The van der Waals surface area contributed by atoms with E-state index in [1.165, 1.54) is 22.6 Å². The maximum absolute atomic E-state index is 12.0. The minimum atomic E-state index is -1.61. The molecule has 0 unspecified atom stereocenters. The molecule has 130 valence electrons. The van der Waals surface area contributed by atoms with Crippen molar-refractivity contribution in [1.29, 1.82) is 0 Å². The normalized spacial score (nSPS) is 19.6. The Morgan fingerprint density at radius 2 is 2.23 bits per heavy atom. The molecule has 2 aromatic heterocycles. The first kappa shape index (κ1) is 16.4. The van der Waals surface area contributed by atoms with E-state index in [-0.39, 0.29) is 5.91 Å². The highest BCUT2D eigenvalue weighted by Gasteiger charge is 2.42. The summed E-state index contributed by atoms with van der Waals surface area (Å²) in [5.41, 5.74) is 6.37. The molecule has 1 fully saturated rings. The first-order valence-electron chi connectivity index (χ1n) is 7.95. The van der Waals surface area contributed by atoms with Crippen molar-refractivity contribution in [3.05, 3.63) is 36.2 Å². The molecule has 1 atom stereocenters. The third-order valence-corrected chi connectivity index (χ3v) is 5.27. The van der Waals surface area contributed by atoms with E-state index in [9.17, 15) is 9.90 Å². The number of rotatable bonds is 1. The fourth-order valence-electron chi connectivity index (χ4n) is 2.77. The van der Waals surface area contributed by atoms with Crippen LogP contribution in [0.15, 0.2) is 30.6 Å². The summed E-state index contributed by atoms with van der Waals surface area (Å²) >= 11 is 1.42. The van der Waals surface area contributed by atoms with Crippen molar-refractivity contribution >= 4 is 33.4 Å². The molecular formula is C18H15N5O2S. The summed E-state index contributed by atoms with van der Waals surface area (Å²) in [7, 11) is 1.66. The Kier molecular flexibility index (Phi) is 3.83. The van der Waals surface area contributed by atoms with Gasteiger partial charge in [-0.1, -0.05) is 35.3 Å². The van der Waals surface area contributed by atoms with Gasteiger partial charge in [0, 0.05) is 31.1 Å². The van der Waals surface area contributed by atoms with Crippen LogP contribution in [0.1, 0.15) is 12.0 Å². The quantitative estimate of drug-likeness (QED) is 0.630. The number of benzene rings is 1. The molecule has 4 rings (SSSR count). The summed E-state index contributed by atoms with van der Waals surface area (Å²) < 4.78 is 0. The third-order valence-electron chi connectivity index (χ3n) is 4.26. The predicted octanol–water partition coefficient (Wildman–Crippen LogP) is 1.28. The zero-order chi connectivity index (χ0) is 18.3. The smallest absolute Gasteiger partial charge is 0.267 e. The number of carbonyl (C=O) groups is 1. The molecule has 0 bridgehead atoms. The van der Waals surface area contributed by atoms with E-state index in [1.807, 2.05) is 24.3 Å². The van der Waals surface area contributed by atoms with Gasteiger partial charge in [0.05, 0.1) is 0 Å². The molecule has 8 heteroatoms. The summed E-state index contributed by atoms with van der Waals surface area (Å²) in [6, 6.07) is 7.45. The zero-order valence-electron chi connectivity index (χ0n) is 13.9. The SMILES string of the molecule is CN1CC[C@@](O)(C#Cc2cccc(-c3nc4c(N)ncnc4s3)c2)C1=O. The molecule has 1 amide bonds. The maximum Gasteiger partial charge on any atom is 0.267 e. The summed E-state index contributed by atoms with van der Waals surface area (Å²) in [4.78, 5) is 26.9. The number of aliphatic hydroxyl groups is 1. The van der Waals surface area contributed by atoms with Crippen LogP contribution in [-0.4, -0.2) is 50.1 Å². The monoisotopic (exact) mass is 365 g/mol. The van der Waals surface area contributed by atoms with E-state index in [4.69, 9.17) is 5.73 Å². The van der Waals surface area contributed by atoms with Crippen molar-refractivity contribution in [3.8, 4) is 22.4 Å². The van der Waals surface area contributed by atoms with Gasteiger partial charge in [-0.3, -0.25) is 4.79 Å². The van der Waals surface area contributed by atoms with Crippen LogP contribution in [0.25, 0.3) is 20.9 Å². The van der Waals surface area contributed by atoms with Gasteiger partial charge >= 0.3 is 0 Å². The minimum absolute atomic E-state index is 0.310. The van der Waals surface area contributed by atoms with Crippen molar-refractivity contribution in [1.82, 2.24) is 19.9 Å². The number of hydrogen-bond acceptors (Lipinski definition) is 7. The van der Waals surface area contributed by atoms with Crippen LogP contribution in [0.3, 0.4) is 0 Å². The van der Waals surface area contributed by atoms with Gasteiger partial charge in [0.2, 0.25) is 5.60 Å². The molecule has 1 aliphatic heterocycles. The first-order valence-corrected chi connectivity index (χ1v) is 8.76. The Morgan fingerprint density at radius 3 is 2.96 bits per heavy atom. The molecular weight excluding hydrogens is 350 g/mol. The Balaban J connectivity index is 1.68. The summed E-state index contributed by atoms with van der Waals surface area (Å²) in [6.07, 6.45) is 1.72. The maximum atomic E-state index is 12.0. The number of anilines is 1. The molecule has 1 aliphatic rings. The highest BCUT2D eigenvalue weighted by Crippen LogP contribution is 2.31. The van der Waals surface area contributed by atoms with Gasteiger partial charge in [0.15, 0.2) is 5.82 Å². The van der Waals surface area contributed by atoms with Gasteiger partial charge in [0.25, 0.3) is 5.91 Å². The second-order valence-electron chi connectivity index (χ2n) is 6.10. The second kappa shape index (κ2) is 6.05. The van der Waals surface area contributed by atoms with Gasteiger partial charge in [0.1, 0.15) is 21.7 Å². The molecule has 3 N–H and O–H groups in total. The molecule has 0 aliphatic carbocycles. The van der Waals surface area contributed by atoms with Crippen LogP contribution >= 0.6 is 11.3 Å². The number of likely N-dealkylation sites (tertiary alicyclic amines) is 1. The van der Waals surface area contributed by atoms with Crippen molar-refractivity contribution in [3.63, 3.8) is 0 Å². The lowest BCUT2D eigenvalue weighted by molar-refractivity contribution is -0.137. The average molecular weight is 365 g/mol. The van der Waals surface area contributed by atoms with Gasteiger partial charge in [-0.15, -0.1) is 0 Å². The minimum Gasteiger partial charge on any atom is -0.382 e. The van der Waals surface area contributed by atoms with E-state index in [1.54, 1.807) is 7.05 Å². The van der Waals surface area contributed by atoms with Gasteiger partial charge in [-0.05, 0) is 12.1 Å². The van der Waals surface area contributed by atoms with Crippen molar-refractivity contribution in [2.75, 3.05) is 19.3 Å². The molecule has 26 heavy (non-hydrogen) atoms. The number of fused-ring (bicyclic) bond motifs is 1. The third kappa shape index (κ3) is 2.77. The Morgan fingerprint density at radius 1 is 1.38 bits per heavy atom. The van der Waals surface area contributed by atoms with Crippen LogP contribution in [-0.2, 0) is 4.79 Å². The summed E-state index contributed by atoms with van der Waals surface area (Å²) in [6.45, 7) is 0.498. The van der Waals surface area contributed by atoms with Gasteiger partial charge < -0.3 is 15.7 Å². The molecule has 0 radical (unpaired) electrons. The van der Waals surface area contributed by atoms with Crippen molar-refractivity contribution < 1.29 is 9.90 Å². The topological polar surface area (TPSA) is 105 Å². The molecule has 3 aromatic rings. The van der Waals surface area contributed by atoms with Crippen LogP contribution in [0.2, 0.25) is 0 Å². The number of thiazole rings is 1. The Labute approximate surface area is 153 Å². The summed E-state index contributed by atoms with van der Waals surface area (Å²) in [5, 5.41) is 11.2. The van der Waals surface area contributed by atoms with Crippen LogP contribution in [0.4, 0.5) is 5.82 Å². The van der Waals surface area contributed by atoms with E-state index < -0.39 is 5.60 Å². The van der Waals surface area contributed by atoms with Crippen molar-refractivity contribution in [2.24, 2.45) is 0 Å². The fraction of sp³-hybridized carbons (Fsp3) is 0.222. The van der Waals surface area contributed by atoms with Gasteiger partial charge in [-0.2, -0.15) is 0 Å². The van der Waals surface area contributed by atoms with Crippen LogP contribution in [0.5, 0.6) is 0 Å². The number of likely N-dealkylation sites (N-methyl/N-ethyl adjacent to an activating group) is 1. The molecule has 1 saturated heterocycles. The largest absolute Gasteiger partial charge is 0.382 e. The molecule has 3 heterocycles. The molecule has 1 aromatic carbocycles. The highest BCUT2D eigenvalue weighted by molar-refractivity contribution is 7.21. The number of carbonyl (C=O) groups excluding carboxylic acids is 1. The Hall–Kier alpha value is -3.02. The van der Waals surface area contributed by atoms with Crippen molar-refractivity contribution in [2.45, 2.75) is 12.0 Å². The number of nitrogens with two attached hydrogens (primary N) is 1. The average Bonchev–Trinajstić information content (AvgIpc) is 3.19. The number of aromatic nitrogens is 3. The van der Waals surface area contributed by atoms with Crippen LogP contribution in [0, 0.1) is 11.8 Å². The number of nitrogen functional groups attached to an aromatic ring is 1. The lowest BCUT2D eigenvalue weighted by atomic mass is 10.0.